The Hall–Kier alpha value is -2.11. The van der Waals surface area contributed by atoms with Crippen molar-refractivity contribution in [1.29, 1.82) is 0 Å². The number of hydrogen-bond donors (Lipinski definition) is 2. The summed E-state index contributed by atoms with van der Waals surface area (Å²) in [6.45, 7) is 4.11. The van der Waals surface area contributed by atoms with Gasteiger partial charge in [0, 0.05) is 6.42 Å². The number of ether oxygens (including phenoxy) is 1. The molecule has 0 heterocycles. The van der Waals surface area contributed by atoms with E-state index in [4.69, 9.17) is 9.84 Å². The molecule has 6 heteroatoms. The average Bonchev–Trinajstić information content (AvgIpc) is 2.44. The summed E-state index contributed by atoms with van der Waals surface area (Å²) in [7, 11) is 0. The van der Waals surface area contributed by atoms with E-state index in [0.29, 0.717) is 25.2 Å². The molecule has 1 rings (SSSR count). The standard InChI is InChI=1S/C16H22FNO4/c1-11(2)10-14(16(20)21)18-15(19)4-3-9-22-13-7-5-12(17)6-8-13/h5-8,11,14H,3-4,9-10H2,1-2H3,(H,18,19)(H,20,21)/t14-/m0/s1. The van der Waals surface area contributed by atoms with Crippen LogP contribution in [0.5, 0.6) is 5.75 Å². The zero-order chi connectivity index (χ0) is 16.5. The first-order valence-corrected chi connectivity index (χ1v) is 7.29. The van der Waals surface area contributed by atoms with Crippen molar-refractivity contribution in [1.82, 2.24) is 5.32 Å². The fourth-order valence-electron chi connectivity index (χ4n) is 1.91. The Balaban J connectivity index is 2.27. The second kappa shape index (κ2) is 9.02. The Morgan fingerprint density at radius 1 is 1.27 bits per heavy atom. The van der Waals surface area contributed by atoms with Crippen LogP contribution in [0.25, 0.3) is 0 Å². The van der Waals surface area contributed by atoms with E-state index in [1.165, 1.54) is 24.3 Å². The number of hydrogen-bond acceptors (Lipinski definition) is 3. The van der Waals surface area contributed by atoms with E-state index in [1.807, 2.05) is 13.8 Å². The molecule has 0 saturated heterocycles. The third-order valence-electron chi connectivity index (χ3n) is 2.97. The van der Waals surface area contributed by atoms with E-state index in [2.05, 4.69) is 5.32 Å². The Kier molecular flexibility index (Phi) is 7.36. The molecule has 0 aliphatic heterocycles. The number of amides is 1. The second-order valence-corrected chi connectivity index (χ2v) is 5.49. The molecule has 1 amide bonds. The molecule has 1 aromatic carbocycles. The van der Waals surface area contributed by atoms with Crippen molar-refractivity contribution in [2.24, 2.45) is 5.92 Å². The molecule has 0 unspecified atom stereocenters. The van der Waals surface area contributed by atoms with Crippen molar-refractivity contribution in [2.75, 3.05) is 6.61 Å². The van der Waals surface area contributed by atoms with Gasteiger partial charge in [0.1, 0.15) is 17.6 Å². The lowest BCUT2D eigenvalue weighted by atomic mass is 10.0. The summed E-state index contributed by atoms with van der Waals surface area (Å²) in [6, 6.07) is 4.76. The molecule has 0 fully saturated rings. The Morgan fingerprint density at radius 3 is 2.45 bits per heavy atom. The van der Waals surface area contributed by atoms with Crippen molar-refractivity contribution >= 4 is 11.9 Å². The van der Waals surface area contributed by atoms with Gasteiger partial charge in [0.15, 0.2) is 0 Å². The molecule has 0 aromatic heterocycles. The van der Waals surface area contributed by atoms with Crippen LogP contribution >= 0.6 is 0 Å². The predicted octanol–water partition coefficient (Wildman–Crippen LogP) is 2.60. The number of rotatable bonds is 9. The zero-order valence-corrected chi connectivity index (χ0v) is 12.8. The van der Waals surface area contributed by atoms with Crippen LogP contribution < -0.4 is 10.1 Å². The van der Waals surface area contributed by atoms with E-state index in [9.17, 15) is 14.0 Å². The third kappa shape index (κ3) is 7.06. The Morgan fingerprint density at radius 2 is 1.91 bits per heavy atom. The largest absolute Gasteiger partial charge is 0.494 e. The molecule has 0 aliphatic carbocycles. The number of benzene rings is 1. The lowest BCUT2D eigenvalue weighted by Gasteiger charge is -2.16. The minimum atomic E-state index is -1.02. The van der Waals surface area contributed by atoms with Gasteiger partial charge in [0.2, 0.25) is 5.91 Å². The van der Waals surface area contributed by atoms with Gasteiger partial charge in [-0.15, -0.1) is 0 Å². The molecular formula is C16H22FNO4. The first-order chi connectivity index (χ1) is 10.4. The predicted molar refractivity (Wildman–Crippen MR) is 80.2 cm³/mol. The second-order valence-electron chi connectivity index (χ2n) is 5.49. The highest BCUT2D eigenvalue weighted by atomic mass is 19.1. The molecule has 0 spiro atoms. The van der Waals surface area contributed by atoms with Gasteiger partial charge in [-0.05, 0) is 43.0 Å². The van der Waals surface area contributed by atoms with Crippen LogP contribution in [0.15, 0.2) is 24.3 Å². The fourth-order valence-corrected chi connectivity index (χ4v) is 1.91. The van der Waals surface area contributed by atoms with Gasteiger partial charge < -0.3 is 15.2 Å². The van der Waals surface area contributed by atoms with Crippen molar-refractivity contribution in [3.8, 4) is 5.75 Å². The number of carboxylic acids is 1. The molecule has 22 heavy (non-hydrogen) atoms. The lowest BCUT2D eigenvalue weighted by Crippen LogP contribution is -2.41. The van der Waals surface area contributed by atoms with Crippen molar-refractivity contribution in [3.63, 3.8) is 0 Å². The number of carboxylic acid groups (broad SMARTS) is 1. The number of carbonyl (C=O) groups is 2. The van der Waals surface area contributed by atoms with Crippen LogP contribution in [0.1, 0.15) is 33.1 Å². The van der Waals surface area contributed by atoms with Crippen LogP contribution in [0, 0.1) is 11.7 Å². The first kappa shape index (κ1) is 17.9. The van der Waals surface area contributed by atoms with Gasteiger partial charge in [0.25, 0.3) is 0 Å². The van der Waals surface area contributed by atoms with Gasteiger partial charge in [-0.1, -0.05) is 13.8 Å². The van der Waals surface area contributed by atoms with Crippen LogP contribution in [0.2, 0.25) is 0 Å². The smallest absolute Gasteiger partial charge is 0.326 e. The van der Waals surface area contributed by atoms with Crippen LogP contribution in [0.4, 0.5) is 4.39 Å². The lowest BCUT2D eigenvalue weighted by molar-refractivity contribution is -0.142. The average molecular weight is 311 g/mol. The summed E-state index contributed by atoms with van der Waals surface area (Å²) >= 11 is 0. The van der Waals surface area contributed by atoms with Gasteiger partial charge >= 0.3 is 5.97 Å². The molecule has 1 aromatic rings. The molecule has 0 radical (unpaired) electrons. The summed E-state index contributed by atoms with van der Waals surface area (Å²) in [5.41, 5.74) is 0. The highest BCUT2D eigenvalue weighted by Crippen LogP contribution is 2.11. The molecule has 0 bridgehead atoms. The van der Waals surface area contributed by atoms with E-state index in [1.54, 1.807) is 0 Å². The number of aliphatic carboxylic acids is 1. The maximum absolute atomic E-state index is 12.7. The molecule has 5 nitrogen and oxygen atoms in total. The van der Waals surface area contributed by atoms with Crippen LogP contribution in [-0.4, -0.2) is 29.6 Å². The topological polar surface area (TPSA) is 75.6 Å². The monoisotopic (exact) mass is 311 g/mol. The van der Waals surface area contributed by atoms with E-state index >= 15 is 0 Å². The summed E-state index contributed by atoms with van der Waals surface area (Å²) in [5, 5.41) is 11.6. The summed E-state index contributed by atoms with van der Waals surface area (Å²) < 4.78 is 18.1. The maximum atomic E-state index is 12.7. The highest BCUT2D eigenvalue weighted by molar-refractivity contribution is 5.83. The Bertz CT molecular complexity index is 487. The molecular weight excluding hydrogens is 289 g/mol. The normalized spacial score (nSPS) is 12.0. The van der Waals surface area contributed by atoms with Crippen molar-refractivity contribution in [2.45, 2.75) is 39.2 Å². The van der Waals surface area contributed by atoms with Gasteiger partial charge in [-0.3, -0.25) is 4.79 Å². The molecule has 1 atom stereocenters. The third-order valence-corrected chi connectivity index (χ3v) is 2.97. The Labute approximate surface area is 129 Å². The SMILES string of the molecule is CC(C)C[C@H](NC(=O)CCCOc1ccc(F)cc1)C(=O)O. The van der Waals surface area contributed by atoms with Crippen molar-refractivity contribution in [3.05, 3.63) is 30.1 Å². The van der Waals surface area contributed by atoms with Crippen molar-refractivity contribution < 1.29 is 23.8 Å². The summed E-state index contributed by atoms with van der Waals surface area (Å²) in [5.74, 6) is -0.954. The molecule has 122 valence electrons. The zero-order valence-electron chi connectivity index (χ0n) is 12.8. The number of nitrogens with one attached hydrogen (secondary N) is 1. The van der Waals surface area contributed by atoms with E-state index in [0.717, 1.165) is 0 Å². The number of halogens is 1. The molecule has 0 aliphatic rings. The van der Waals surface area contributed by atoms with Gasteiger partial charge in [-0.2, -0.15) is 0 Å². The fraction of sp³-hybridized carbons (Fsp3) is 0.500. The quantitative estimate of drug-likeness (QED) is 0.687. The minimum absolute atomic E-state index is 0.184. The number of carbonyl (C=O) groups excluding carboxylic acids is 1. The van der Waals surface area contributed by atoms with Gasteiger partial charge in [-0.25, -0.2) is 9.18 Å². The summed E-state index contributed by atoms with van der Waals surface area (Å²) in [4.78, 5) is 22.8. The van der Waals surface area contributed by atoms with Gasteiger partial charge in [0.05, 0.1) is 6.61 Å². The summed E-state index contributed by atoms with van der Waals surface area (Å²) in [6.07, 6.45) is 1.04. The first-order valence-electron chi connectivity index (χ1n) is 7.29. The minimum Gasteiger partial charge on any atom is -0.494 e. The van der Waals surface area contributed by atoms with Crippen LogP contribution in [-0.2, 0) is 9.59 Å². The van der Waals surface area contributed by atoms with E-state index in [-0.39, 0.29) is 24.1 Å². The molecule has 0 saturated carbocycles. The van der Waals surface area contributed by atoms with E-state index < -0.39 is 12.0 Å². The molecule has 2 N–H and O–H groups in total. The van der Waals surface area contributed by atoms with Crippen LogP contribution in [0.3, 0.4) is 0 Å². The highest BCUT2D eigenvalue weighted by Gasteiger charge is 2.20. The maximum Gasteiger partial charge on any atom is 0.326 e.